The normalized spacial score (nSPS) is 14.7. The van der Waals surface area contributed by atoms with Crippen LogP contribution in [0.3, 0.4) is 0 Å². The Balaban J connectivity index is 2.06. The highest BCUT2D eigenvalue weighted by atomic mass is 16.5. The maximum Gasteiger partial charge on any atom is 0.311 e. The van der Waals surface area contributed by atoms with E-state index in [-0.39, 0.29) is 5.97 Å². The Morgan fingerprint density at radius 2 is 1.64 bits per heavy atom. The number of carbonyl (C=O) groups is 1. The first-order chi connectivity index (χ1) is 11.9. The molecule has 1 aliphatic heterocycles. The van der Waals surface area contributed by atoms with Gasteiger partial charge in [-0.15, -0.1) is 0 Å². The van der Waals surface area contributed by atoms with Gasteiger partial charge in [0.15, 0.2) is 0 Å². The third-order valence-electron chi connectivity index (χ3n) is 4.74. The molecule has 0 aromatic rings. The quantitative estimate of drug-likeness (QED) is 0.337. The van der Waals surface area contributed by atoms with Crippen LogP contribution in [0.15, 0.2) is 4.99 Å². The molecule has 25 heavy (non-hydrogen) atoms. The second-order valence-electron chi connectivity index (χ2n) is 8.25. The van der Waals surface area contributed by atoms with E-state index in [9.17, 15) is 4.79 Å². The van der Waals surface area contributed by atoms with E-state index in [4.69, 9.17) is 4.74 Å². The second kappa shape index (κ2) is 12.3. The fourth-order valence-corrected chi connectivity index (χ4v) is 3.07. The van der Waals surface area contributed by atoms with Crippen molar-refractivity contribution in [2.45, 2.75) is 91.9 Å². The van der Waals surface area contributed by atoms with Gasteiger partial charge in [-0.05, 0) is 27.2 Å². The maximum absolute atomic E-state index is 11.8. The zero-order chi connectivity index (χ0) is 18.5. The summed E-state index contributed by atoms with van der Waals surface area (Å²) in [5.41, 5.74) is -0.418. The number of rotatable bonds is 13. The standard InChI is InChI=1S/C21H40N2O2/c1-5-6-7-8-9-10-11-12-13-14-19-22-15-16-23(19)17-18-25-20(24)21(2,3)4/h5-18H2,1-4H3. The van der Waals surface area contributed by atoms with Crippen LogP contribution >= 0.6 is 0 Å². The number of amidine groups is 1. The molecule has 0 bridgehead atoms. The van der Waals surface area contributed by atoms with Crippen molar-refractivity contribution in [2.24, 2.45) is 10.4 Å². The molecule has 0 atom stereocenters. The molecule has 4 heteroatoms. The van der Waals surface area contributed by atoms with Gasteiger partial charge < -0.3 is 9.64 Å². The summed E-state index contributed by atoms with van der Waals surface area (Å²) in [6.07, 6.45) is 13.3. The zero-order valence-corrected chi connectivity index (χ0v) is 17.1. The maximum atomic E-state index is 11.8. The van der Waals surface area contributed by atoms with Gasteiger partial charge in [-0.3, -0.25) is 9.79 Å². The highest BCUT2D eigenvalue weighted by molar-refractivity contribution is 5.83. The molecule has 0 amide bonds. The van der Waals surface area contributed by atoms with Crippen LogP contribution < -0.4 is 0 Å². The molecule has 0 saturated carbocycles. The predicted molar refractivity (Wildman–Crippen MR) is 106 cm³/mol. The van der Waals surface area contributed by atoms with Crippen molar-refractivity contribution < 1.29 is 9.53 Å². The lowest BCUT2D eigenvalue weighted by molar-refractivity contribution is -0.153. The summed E-state index contributed by atoms with van der Waals surface area (Å²) in [5.74, 6) is 1.10. The highest BCUT2D eigenvalue weighted by Gasteiger charge is 2.23. The summed E-state index contributed by atoms with van der Waals surface area (Å²) in [4.78, 5) is 18.7. The van der Waals surface area contributed by atoms with Crippen molar-refractivity contribution in [3.63, 3.8) is 0 Å². The molecule has 0 saturated heterocycles. The molecule has 0 aromatic carbocycles. The van der Waals surface area contributed by atoms with E-state index in [1.807, 2.05) is 20.8 Å². The van der Waals surface area contributed by atoms with Gasteiger partial charge in [0.05, 0.1) is 24.3 Å². The lowest BCUT2D eigenvalue weighted by atomic mass is 9.97. The average molecular weight is 353 g/mol. The molecule has 1 aliphatic rings. The minimum Gasteiger partial charge on any atom is -0.463 e. The molecule has 0 spiro atoms. The molecule has 1 heterocycles. The Bertz CT molecular complexity index is 399. The average Bonchev–Trinajstić information content (AvgIpc) is 3.00. The van der Waals surface area contributed by atoms with Gasteiger partial charge in [0.1, 0.15) is 6.61 Å². The minimum atomic E-state index is -0.418. The van der Waals surface area contributed by atoms with Crippen LogP contribution in [0, 0.1) is 5.41 Å². The molecule has 0 N–H and O–H groups in total. The Morgan fingerprint density at radius 3 is 2.24 bits per heavy atom. The van der Waals surface area contributed by atoms with E-state index in [1.165, 1.54) is 63.6 Å². The first kappa shape index (κ1) is 22.0. The summed E-state index contributed by atoms with van der Waals surface area (Å²) in [6.45, 7) is 11.0. The van der Waals surface area contributed by atoms with Gasteiger partial charge in [0.2, 0.25) is 0 Å². The Hall–Kier alpha value is -1.06. The van der Waals surface area contributed by atoms with E-state index in [0.29, 0.717) is 6.61 Å². The molecule has 0 fully saturated rings. The Morgan fingerprint density at radius 1 is 1.04 bits per heavy atom. The summed E-state index contributed by atoms with van der Waals surface area (Å²) >= 11 is 0. The Labute approximate surface area is 155 Å². The molecule has 0 aromatic heterocycles. The number of nitrogens with zero attached hydrogens (tertiary/aromatic N) is 2. The van der Waals surface area contributed by atoms with E-state index in [2.05, 4.69) is 16.8 Å². The third-order valence-corrected chi connectivity index (χ3v) is 4.74. The van der Waals surface area contributed by atoms with Gasteiger partial charge in [0.25, 0.3) is 0 Å². The fourth-order valence-electron chi connectivity index (χ4n) is 3.07. The van der Waals surface area contributed by atoms with Crippen LogP contribution in [-0.4, -0.2) is 42.9 Å². The van der Waals surface area contributed by atoms with Crippen LogP contribution in [0.2, 0.25) is 0 Å². The summed E-state index contributed by atoms with van der Waals surface area (Å²) in [7, 11) is 0. The molecular formula is C21H40N2O2. The number of hydrogen-bond donors (Lipinski definition) is 0. The number of esters is 1. The number of unbranched alkanes of at least 4 members (excludes halogenated alkanes) is 8. The van der Waals surface area contributed by atoms with Crippen molar-refractivity contribution in [3.05, 3.63) is 0 Å². The summed E-state index contributed by atoms with van der Waals surface area (Å²) in [5, 5.41) is 0. The van der Waals surface area contributed by atoms with E-state index in [0.717, 1.165) is 26.1 Å². The largest absolute Gasteiger partial charge is 0.463 e. The van der Waals surface area contributed by atoms with Crippen LogP contribution in [0.1, 0.15) is 91.9 Å². The number of carbonyl (C=O) groups excluding carboxylic acids is 1. The predicted octanol–water partition coefficient (Wildman–Crippen LogP) is 5.21. The van der Waals surface area contributed by atoms with E-state index in [1.54, 1.807) is 0 Å². The second-order valence-corrected chi connectivity index (χ2v) is 8.25. The van der Waals surface area contributed by atoms with Gasteiger partial charge in [-0.1, -0.05) is 58.3 Å². The molecule has 0 unspecified atom stereocenters. The van der Waals surface area contributed by atoms with Gasteiger partial charge >= 0.3 is 5.97 Å². The molecular weight excluding hydrogens is 312 g/mol. The lowest BCUT2D eigenvalue weighted by Crippen LogP contribution is -2.33. The van der Waals surface area contributed by atoms with E-state index < -0.39 is 5.41 Å². The first-order valence-electron chi connectivity index (χ1n) is 10.4. The van der Waals surface area contributed by atoms with Crippen molar-refractivity contribution in [2.75, 3.05) is 26.2 Å². The first-order valence-corrected chi connectivity index (χ1v) is 10.4. The van der Waals surface area contributed by atoms with Crippen molar-refractivity contribution in [1.29, 1.82) is 0 Å². The van der Waals surface area contributed by atoms with Gasteiger partial charge in [-0.25, -0.2) is 0 Å². The summed E-state index contributed by atoms with van der Waals surface area (Å²) in [6, 6.07) is 0. The number of aliphatic imine (C=N–C) groups is 1. The number of ether oxygens (including phenoxy) is 1. The van der Waals surface area contributed by atoms with Gasteiger partial charge in [-0.2, -0.15) is 0 Å². The van der Waals surface area contributed by atoms with Crippen molar-refractivity contribution in [1.82, 2.24) is 4.90 Å². The molecule has 0 aliphatic carbocycles. The SMILES string of the molecule is CCCCCCCCCCCC1=NCCN1CCOC(=O)C(C)(C)C. The van der Waals surface area contributed by atoms with Gasteiger partial charge in [0, 0.05) is 13.0 Å². The van der Waals surface area contributed by atoms with Crippen LogP contribution in [-0.2, 0) is 9.53 Å². The van der Waals surface area contributed by atoms with Crippen LogP contribution in [0.25, 0.3) is 0 Å². The fraction of sp³-hybridized carbons (Fsp3) is 0.905. The van der Waals surface area contributed by atoms with Crippen molar-refractivity contribution in [3.8, 4) is 0 Å². The van der Waals surface area contributed by atoms with Crippen LogP contribution in [0.4, 0.5) is 0 Å². The topological polar surface area (TPSA) is 41.9 Å². The smallest absolute Gasteiger partial charge is 0.311 e. The lowest BCUT2D eigenvalue weighted by Gasteiger charge is -2.22. The van der Waals surface area contributed by atoms with Crippen molar-refractivity contribution >= 4 is 11.8 Å². The molecule has 146 valence electrons. The monoisotopic (exact) mass is 352 g/mol. The molecule has 0 radical (unpaired) electrons. The van der Waals surface area contributed by atoms with Crippen LogP contribution in [0.5, 0.6) is 0 Å². The molecule has 4 nitrogen and oxygen atoms in total. The third kappa shape index (κ3) is 9.86. The van der Waals surface area contributed by atoms with E-state index >= 15 is 0 Å². The number of hydrogen-bond acceptors (Lipinski definition) is 4. The zero-order valence-electron chi connectivity index (χ0n) is 17.1. The summed E-state index contributed by atoms with van der Waals surface area (Å²) < 4.78 is 5.38. The Kier molecular flexibility index (Phi) is 10.8. The minimum absolute atomic E-state index is 0.121. The highest BCUT2D eigenvalue weighted by Crippen LogP contribution is 2.16. The molecule has 1 rings (SSSR count).